The van der Waals surface area contributed by atoms with Crippen molar-refractivity contribution >= 4 is 47.1 Å². The number of hydrogen-bond acceptors (Lipinski definition) is 1. The molecule has 2 nitrogen and oxygen atoms in total. The lowest BCUT2D eigenvalue weighted by atomic mass is 9.99. The molecule has 1 aliphatic carbocycles. The van der Waals surface area contributed by atoms with Gasteiger partial charge in [-0.15, -0.1) is 0 Å². The van der Waals surface area contributed by atoms with Crippen molar-refractivity contribution in [2.75, 3.05) is 5.32 Å². The van der Waals surface area contributed by atoms with Gasteiger partial charge >= 0.3 is 0 Å². The van der Waals surface area contributed by atoms with Crippen molar-refractivity contribution in [1.29, 1.82) is 0 Å². The normalized spacial score (nSPS) is 11.9. The van der Waals surface area contributed by atoms with Crippen LogP contribution in [0.1, 0.15) is 21.5 Å². The summed E-state index contributed by atoms with van der Waals surface area (Å²) in [4.78, 5) is 13.6. The van der Waals surface area contributed by atoms with Crippen LogP contribution in [0.25, 0.3) is 22.9 Å². The molecule has 22 heavy (non-hydrogen) atoms. The monoisotopic (exact) mass is 304 g/mol. The maximum atomic E-state index is 12.6. The van der Waals surface area contributed by atoms with Gasteiger partial charge in [0.15, 0.2) is 0 Å². The minimum absolute atomic E-state index is 0.0858. The van der Waals surface area contributed by atoms with Gasteiger partial charge in [0.05, 0.1) is 0 Å². The number of benzene rings is 3. The lowest BCUT2D eigenvalue weighted by molar-refractivity contribution is 0.102. The van der Waals surface area contributed by atoms with Crippen molar-refractivity contribution in [3.05, 3.63) is 71.3 Å². The number of carbonyl (C=O) groups excluding carboxylic acids is 1. The molecule has 1 N–H and O–H groups in total. The van der Waals surface area contributed by atoms with Gasteiger partial charge in [0, 0.05) is 11.3 Å². The van der Waals surface area contributed by atoms with Crippen LogP contribution in [0.15, 0.2) is 59.5 Å². The predicted molar refractivity (Wildman–Crippen MR) is 95.7 cm³/mol. The Morgan fingerprint density at radius 3 is 2.36 bits per heavy atom. The van der Waals surface area contributed by atoms with Crippen LogP contribution in [0.5, 0.6) is 0 Å². The van der Waals surface area contributed by atoms with Crippen molar-refractivity contribution in [2.24, 2.45) is 0 Å². The van der Waals surface area contributed by atoms with Crippen molar-refractivity contribution in [1.82, 2.24) is 0 Å². The molecule has 106 valence electrons. The lowest BCUT2D eigenvalue weighted by Crippen LogP contribution is -2.12. The number of anilines is 1. The van der Waals surface area contributed by atoms with E-state index in [1.165, 1.54) is 11.1 Å². The second-order valence-electron chi connectivity index (χ2n) is 5.34. The maximum Gasteiger partial charge on any atom is 0.256 e. The van der Waals surface area contributed by atoms with E-state index in [2.05, 4.69) is 36.2 Å². The smallest absolute Gasteiger partial charge is 0.256 e. The molecule has 0 aromatic heterocycles. The first kappa shape index (κ1) is 13.2. The van der Waals surface area contributed by atoms with Gasteiger partial charge in [0.25, 0.3) is 5.91 Å². The minimum Gasteiger partial charge on any atom is -0.322 e. The van der Waals surface area contributed by atoms with Crippen LogP contribution in [0, 0.1) is 0 Å². The van der Waals surface area contributed by atoms with Gasteiger partial charge in [-0.05, 0) is 64.9 Å². The average molecular weight is 304 g/mol. The van der Waals surface area contributed by atoms with E-state index in [0.717, 1.165) is 21.4 Å². The molecule has 0 bridgehead atoms. The Morgan fingerprint density at radius 1 is 0.864 bits per heavy atom. The molecule has 1 aliphatic rings. The number of nitrogens with one attached hydrogen (secondary N) is 1. The van der Waals surface area contributed by atoms with Gasteiger partial charge in [0.2, 0.25) is 0 Å². The highest BCUT2D eigenvalue weighted by Gasteiger charge is 2.15. The summed E-state index contributed by atoms with van der Waals surface area (Å²) in [6.45, 7) is 0. The molecule has 3 heteroatoms. The Kier molecular flexibility index (Phi) is 3.01. The summed E-state index contributed by atoms with van der Waals surface area (Å²) in [5, 5.41) is 5.11. The summed E-state index contributed by atoms with van der Waals surface area (Å²) in [6, 6.07) is 17.5. The average Bonchev–Trinajstić information content (AvgIpc) is 2.95. The third-order valence-corrected chi connectivity index (χ3v) is 4.27. The Balaban J connectivity index is 1.76. The Bertz CT molecular complexity index is 914. The Labute approximate surface area is 133 Å². The first-order valence-corrected chi connectivity index (χ1v) is 7.59. The first-order chi connectivity index (χ1) is 10.7. The molecule has 0 unspecified atom stereocenters. The standard InChI is InChI=1S/C19H13NOS/c21-19(20-14-7-9-15(22)10-8-14)17-11-6-13-5-4-12-2-1-3-16(17)18(12)13/h1-11,22H,(H,20,21)/p+1. The molecule has 0 radical (unpaired) electrons. The summed E-state index contributed by atoms with van der Waals surface area (Å²) >= 11 is 3.44. The third-order valence-electron chi connectivity index (χ3n) is 3.93. The van der Waals surface area contributed by atoms with Crippen LogP contribution in [0.3, 0.4) is 0 Å². The fourth-order valence-corrected chi connectivity index (χ4v) is 3.04. The molecular weight excluding hydrogens is 290 g/mol. The predicted octanol–water partition coefficient (Wildman–Crippen LogP) is 3.95. The summed E-state index contributed by atoms with van der Waals surface area (Å²) < 4.78 is 0. The van der Waals surface area contributed by atoms with E-state index in [0.29, 0.717) is 5.56 Å². The molecule has 3 aromatic rings. The van der Waals surface area contributed by atoms with Crippen LogP contribution in [0.4, 0.5) is 5.69 Å². The quantitative estimate of drug-likeness (QED) is 0.558. The number of amides is 1. The van der Waals surface area contributed by atoms with Crippen molar-refractivity contribution in [3.63, 3.8) is 0 Å². The summed E-state index contributed by atoms with van der Waals surface area (Å²) in [7, 11) is 0. The summed E-state index contributed by atoms with van der Waals surface area (Å²) in [6.07, 6.45) is 4.18. The molecular formula is C19H14NOS+. The lowest BCUT2D eigenvalue weighted by Gasteiger charge is -2.10. The molecule has 0 atom stereocenters. The van der Waals surface area contributed by atoms with Crippen LogP contribution in [-0.2, 0) is 12.6 Å². The van der Waals surface area contributed by atoms with E-state index < -0.39 is 0 Å². The van der Waals surface area contributed by atoms with Gasteiger partial charge in [-0.1, -0.05) is 36.4 Å². The van der Waals surface area contributed by atoms with E-state index in [1.54, 1.807) is 0 Å². The molecule has 1 amide bonds. The molecule has 4 rings (SSSR count). The van der Waals surface area contributed by atoms with Crippen LogP contribution >= 0.6 is 0 Å². The summed E-state index contributed by atoms with van der Waals surface area (Å²) in [5.74, 6) is -0.0858. The van der Waals surface area contributed by atoms with Crippen LogP contribution < -0.4 is 5.32 Å². The molecule has 0 heterocycles. The molecule has 0 saturated carbocycles. The second-order valence-corrected chi connectivity index (χ2v) is 5.91. The van der Waals surface area contributed by atoms with Gasteiger partial charge in [-0.3, -0.25) is 4.79 Å². The topological polar surface area (TPSA) is 29.1 Å². The van der Waals surface area contributed by atoms with Gasteiger partial charge in [0.1, 0.15) is 4.90 Å². The zero-order chi connectivity index (χ0) is 15.1. The van der Waals surface area contributed by atoms with Crippen LogP contribution in [0.2, 0.25) is 0 Å². The zero-order valence-corrected chi connectivity index (χ0v) is 12.8. The second kappa shape index (κ2) is 5.04. The van der Waals surface area contributed by atoms with Crippen LogP contribution in [-0.4, -0.2) is 5.91 Å². The van der Waals surface area contributed by atoms with Gasteiger partial charge in [-0.25, -0.2) is 0 Å². The molecule has 0 spiro atoms. The van der Waals surface area contributed by atoms with E-state index >= 15 is 0 Å². The minimum atomic E-state index is -0.0858. The Hall–Kier alpha value is -2.52. The molecule has 0 aliphatic heterocycles. The number of carbonyl (C=O) groups is 1. The van der Waals surface area contributed by atoms with Crippen molar-refractivity contribution in [2.45, 2.75) is 4.90 Å². The van der Waals surface area contributed by atoms with E-state index in [9.17, 15) is 4.79 Å². The highest BCUT2D eigenvalue weighted by Crippen LogP contribution is 2.33. The SMILES string of the molecule is O=C(Nc1ccc([SH2+])cc1)c1ccc2c3c(cccc13)C=C2. The number of hydrogen-bond donors (Lipinski definition) is 1. The fourth-order valence-electron chi connectivity index (χ4n) is 2.87. The summed E-state index contributed by atoms with van der Waals surface area (Å²) in [5.41, 5.74) is 3.83. The van der Waals surface area contributed by atoms with Crippen molar-refractivity contribution in [3.8, 4) is 0 Å². The largest absolute Gasteiger partial charge is 0.322 e. The maximum absolute atomic E-state index is 12.6. The highest BCUT2D eigenvalue weighted by atomic mass is 32.1. The van der Waals surface area contributed by atoms with E-state index in [1.807, 2.05) is 48.5 Å². The zero-order valence-electron chi connectivity index (χ0n) is 11.8. The molecule has 0 saturated heterocycles. The van der Waals surface area contributed by atoms with Gasteiger partial charge < -0.3 is 5.32 Å². The van der Waals surface area contributed by atoms with Gasteiger partial charge in [-0.2, -0.15) is 0 Å². The molecule has 0 fully saturated rings. The molecule has 3 aromatic carbocycles. The van der Waals surface area contributed by atoms with E-state index in [4.69, 9.17) is 0 Å². The highest BCUT2D eigenvalue weighted by molar-refractivity contribution is 7.58. The number of rotatable bonds is 2. The first-order valence-electron chi connectivity index (χ1n) is 7.09. The Morgan fingerprint density at radius 2 is 1.59 bits per heavy atom. The fraction of sp³-hybridized carbons (Fsp3) is 0. The van der Waals surface area contributed by atoms with E-state index in [-0.39, 0.29) is 5.91 Å². The third kappa shape index (κ3) is 2.11. The van der Waals surface area contributed by atoms with Crippen molar-refractivity contribution < 1.29 is 4.79 Å².